The van der Waals surface area contributed by atoms with Crippen molar-refractivity contribution in [1.29, 1.82) is 0 Å². The fourth-order valence-electron chi connectivity index (χ4n) is 6.49. The third kappa shape index (κ3) is 5.16. The lowest BCUT2D eigenvalue weighted by Crippen LogP contribution is -2.47. The van der Waals surface area contributed by atoms with Crippen molar-refractivity contribution < 1.29 is 0 Å². The third-order valence-corrected chi connectivity index (χ3v) is 8.62. The van der Waals surface area contributed by atoms with Crippen LogP contribution < -0.4 is 10.6 Å². The molecule has 2 atom stereocenters. The molecule has 2 N–H and O–H groups in total. The molecular formula is C30H44N2. The van der Waals surface area contributed by atoms with Crippen molar-refractivity contribution in [3.63, 3.8) is 0 Å². The van der Waals surface area contributed by atoms with E-state index in [9.17, 15) is 0 Å². The Bertz CT molecular complexity index is 868. The second-order valence-electron chi connectivity index (χ2n) is 10.8. The van der Waals surface area contributed by atoms with Crippen molar-refractivity contribution in [2.75, 3.05) is 10.6 Å². The standard InChI is InChI=1S/C30H44N2/c1-21-19-25(15-17-29(21)31)13-14-26-16-18-30(22(2)20-26)32(23(3)27-9-5-6-10-27)24(4)28-11-7-8-12-28/h15-20,23-24,27-28H,5-14,31H2,1-4H3. The Morgan fingerprint density at radius 3 is 1.69 bits per heavy atom. The molecule has 2 aromatic carbocycles. The predicted molar refractivity (Wildman–Crippen MR) is 139 cm³/mol. The van der Waals surface area contributed by atoms with Crippen molar-refractivity contribution in [3.8, 4) is 0 Å². The Labute approximate surface area is 196 Å². The number of nitrogens with two attached hydrogens (primary N) is 1. The van der Waals surface area contributed by atoms with Crippen molar-refractivity contribution in [2.45, 2.75) is 104 Å². The molecule has 2 aliphatic rings. The Morgan fingerprint density at radius 2 is 1.22 bits per heavy atom. The lowest BCUT2D eigenvalue weighted by atomic mass is 9.90. The molecule has 0 aromatic heterocycles. The first-order chi connectivity index (χ1) is 15.4. The van der Waals surface area contributed by atoms with Crippen LogP contribution in [0.5, 0.6) is 0 Å². The molecule has 0 aliphatic heterocycles. The van der Waals surface area contributed by atoms with Gasteiger partial charge in [0.2, 0.25) is 0 Å². The third-order valence-electron chi connectivity index (χ3n) is 8.62. The van der Waals surface area contributed by atoms with Crippen LogP contribution in [0, 0.1) is 25.7 Å². The second-order valence-corrected chi connectivity index (χ2v) is 10.8. The van der Waals surface area contributed by atoms with E-state index in [1.165, 1.54) is 79.3 Å². The van der Waals surface area contributed by atoms with Crippen molar-refractivity contribution in [3.05, 3.63) is 58.7 Å². The second kappa shape index (κ2) is 10.3. The Hall–Kier alpha value is -1.96. The summed E-state index contributed by atoms with van der Waals surface area (Å²) in [5.41, 5.74) is 13.8. The summed E-state index contributed by atoms with van der Waals surface area (Å²) < 4.78 is 0. The minimum atomic E-state index is 0.635. The van der Waals surface area contributed by atoms with Gasteiger partial charge in [-0.3, -0.25) is 0 Å². The van der Waals surface area contributed by atoms with Gasteiger partial charge in [-0.15, -0.1) is 0 Å². The van der Waals surface area contributed by atoms with Gasteiger partial charge in [0.05, 0.1) is 0 Å². The van der Waals surface area contributed by atoms with E-state index in [4.69, 9.17) is 5.73 Å². The van der Waals surface area contributed by atoms with Gasteiger partial charge in [-0.05, 0) is 112 Å². The molecule has 0 saturated heterocycles. The fraction of sp³-hybridized carbons (Fsp3) is 0.600. The van der Waals surface area contributed by atoms with Crippen LogP contribution in [0.4, 0.5) is 11.4 Å². The molecule has 4 rings (SSSR count). The quantitative estimate of drug-likeness (QED) is 0.434. The van der Waals surface area contributed by atoms with Crippen LogP contribution in [0.25, 0.3) is 0 Å². The van der Waals surface area contributed by atoms with Gasteiger partial charge in [-0.25, -0.2) is 0 Å². The SMILES string of the molecule is Cc1cc(CCc2ccc(N(C(C)C3CCCC3)C(C)C3CCCC3)c(C)c2)ccc1N. The summed E-state index contributed by atoms with van der Waals surface area (Å²) in [4.78, 5) is 2.84. The summed E-state index contributed by atoms with van der Waals surface area (Å²) >= 11 is 0. The molecule has 2 aliphatic carbocycles. The number of hydrogen-bond donors (Lipinski definition) is 1. The molecular weight excluding hydrogens is 388 g/mol. The Morgan fingerprint density at radius 1 is 0.750 bits per heavy atom. The van der Waals surface area contributed by atoms with Gasteiger partial charge in [-0.2, -0.15) is 0 Å². The smallest absolute Gasteiger partial charge is 0.0401 e. The number of benzene rings is 2. The van der Waals surface area contributed by atoms with Gasteiger partial charge in [0.1, 0.15) is 0 Å². The average Bonchev–Trinajstić information content (AvgIpc) is 3.50. The number of hydrogen-bond acceptors (Lipinski definition) is 2. The molecule has 2 aromatic rings. The fourth-order valence-corrected chi connectivity index (χ4v) is 6.49. The van der Waals surface area contributed by atoms with E-state index in [1.807, 2.05) is 6.07 Å². The molecule has 174 valence electrons. The van der Waals surface area contributed by atoms with Gasteiger partial charge in [0.15, 0.2) is 0 Å². The Kier molecular flexibility index (Phi) is 7.48. The van der Waals surface area contributed by atoms with Crippen LogP contribution in [-0.2, 0) is 12.8 Å². The highest BCUT2D eigenvalue weighted by Gasteiger charge is 2.34. The summed E-state index contributed by atoms with van der Waals surface area (Å²) in [6.07, 6.45) is 13.5. The first-order valence-corrected chi connectivity index (χ1v) is 13.2. The zero-order valence-corrected chi connectivity index (χ0v) is 20.9. The van der Waals surface area contributed by atoms with Crippen molar-refractivity contribution in [2.24, 2.45) is 11.8 Å². The van der Waals surface area contributed by atoms with E-state index in [2.05, 4.69) is 62.9 Å². The monoisotopic (exact) mass is 432 g/mol. The minimum absolute atomic E-state index is 0.635. The molecule has 2 nitrogen and oxygen atoms in total. The maximum atomic E-state index is 6.00. The lowest BCUT2D eigenvalue weighted by Gasteiger charge is -2.43. The molecule has 2 heteroatoms. The van der Waals surface area contributed by atoms with E-state index in [0.717, 1.165) is 30.4 Å². The molecule has 0 heterocycles. The zero-order valence-electron chi connectivity index (χ0n) is 20.9. The number of anilines is 2. The highest BCUT2D eigenvalue weighted by Crippen LogP contribution is 2.39. The predicted octanol–water partition coefficient (Wildman–Crippen LogP) is 7.63. The van der Waals surface area contributed by atoms with Gasteiger partial charge < -0.3 is 10.6 Å². The van der Waals surface area contributed by atoms with E-state index in [0.29, 0.717) is 12.1 Å². The van der Waals surface area contributed by atoms with Crippen LogP contribution in [0.2, 0.25) is 0 Å². The van der Waals surface area contributed by atoms with Crippen molar-refractivity contribution in [1.82, 2.24) is 0 Å². The lowest BCUT2D eigenvalue weighted by molar-refractivity contribution is 0.346. The van der Waals surface area contributed by atoms with Gasteiger partial charge >= 0.3 is 0 Å². The summed E-state index contributed by atoms with van der Waals surface area (Å²) in [5.74, 6) is 1.71. The summed E-state index contributed by atoms with van der Waals surface area (Å²) in [5, 5.41) is 0. The van der Waals surface area contributed by atoms with E-state index in [1.54, 1.807) is 0 Å². The first kappa shape index (κ1) is 23.2. The van der Waals surface area contributed by atoms with Crippen LogP contribution in [0.15, 0.2) is 36.4 Å². The molecule has 0 spiro atoms. The van der Waals surface area contributed by atoms with E-state index >= 15 is 0 Å². The maximum Gasteiger partial charge on any atom is 0.0401 e. The molecule has 2 fully saturated rings. The summed E-state index contributed by atoms with van der Waals surface area (Å²) in [7, 11) is 0. The van der Waals surface area contributed by atoms with E-state index < -0.39 is 0 Å². The van der Waals surface area contributed by atoms with Crippen LogP contribution in [0.3, 0.4) is 0 Å². The number of aryl methyl sites for hydroxylation is 4. The molecule has 2 saturated carbocycles. The van der Waals surface area contributed by atoms with Crippen LogP contribution in [0.1, 0.15) is 87.5 Å². The molecule has 0 bridgehead atoms. The molecule has 0 radical (unpaired) electrons. The summed E-state index contributed by atoms with van der Waals surface area (Å²) in [6.45, 7) is 9.46. The summed E-state index contributed by atoms with van der Waals surface area (Å²) in [6, 6.07) is 15.0. The zero-order chi connectivity index (χ0) is 22.7. The number of rotatable bonds is 8. The molecule has 32 heavy (non-hydrogen) atoms. The topological polar surface area (TPSA) is 29.3 Å². The van der Waals surface area contributed by atoms with Gasteiger partial charge in [0, 0.05) is 23.5 Å². The maximum absolute atomic E-state index is 6.00. The molecule has 0 amide bonds. The van der Waals surface area contributed by atoms with E-state index in [-0.39, 0.29) is 0 Å². The number of nitrogen functional groups attached to an aromatic ring is 1. The largest absolute Gasteiger partial charge is 0.399 e. The van der Waals surface area contributed by atoms with Gasteiger partial charge in [0.25, 0.3) is 0 Å². The highest BCUT2D eigenvalue weighted by atomic mass is 15.2. The highest BCUT2D eigenvalue weighted by molar-refractivity contribution is 5.56. The Balaban J connectivity index is 1.53. The average molecular weight is 433 g/mol. The normalized spacial score (nSPS) is 19.4. The minimum Gasteiger partial charge on any atom is -0.399 e. The van der Waals surface area contributed by atoms with Gasteiger partial charge in [-0.1, -0.05) is 49.9 Å². The molecule has 2 unspecified atom stereocenters. The van der Waals surface area contributed by atoms with Crippen LogP contribution >= 0.6 is 0 Å². The van der Waals surface area contributed by atoms with Crippen LogP contribution in [-0.4, -0.2) is 12.1 Å². The number of nitrogens with zero attached hydrogens (tertiary/aromatic N) is 1. The first-order valence-electron chi connectivity index (χ1n) is 13.2. The van der Waals surface area contributed by atoms with Crippen molar-refractivity contribution >= 4 is 11.4 Å².